The fourth-order valence-corrected chi connectivity index (χ4v) is 1.94. The molecule has 0 bridgehead atoms. The van der Waals surface area contributed by atoms with Crippen LogP contribution in [0.5, 0.6) is 5.75 Å². The molecule has 122 valence electrons. The number of hydrogen-bond acceptors (Lipinski definition) is 9. The first kappa shape index (κ1) is 16.4. The molecule has 1 fully saturated rings. The van der Waals surface area contributed by atoms with E-state index in [0.29, 0.717) is 0 Å². The summed E-state index contributed by atoms with van der Waals surface area (Å²) in [5.41, 5.74) is -0.0728. The quantitative estimate of drug-likeness (QED) is 0.420. The number of carbonyl (C=O) groups is 1. The molecule has 10 nitrogen and oxygen atoms in total. The van der Waals surface area contributed by atoms with E-state index in [-0.39, 0.29) is 16.7 Å². The second kappa shape index (κ2) is 6.44. The predicted molar refractivity (Wildman–Crippen MR) is 69.0 cm³/mol. The van der Waals surface area contributed by atoms with Crippen molar-refractivity contribution in [3.05, 3.63) is 29.5 Å². The Morgan fingerprint density at radius 2 is 1.73 bits per heavy atom. The van der Waals surface area contributed by atoms with E-state index < -0.39 is 36.7 Å². The Hall–Kier alpha value is -1.95. The Kier molecular flexibility index (Phi) is 4.81. The van der Waals surface area contributed by atoms with Gasteiger partial charge in [0.15, 0.2) is 6.10 Å². The number of carboxylic acid groups (broad SMARTS) is 1. The molecule has 0 radical (unpaired) electrons. The van der Waals surface area contributed by atoms with Crippen LogP contribution in [0.2, 0.25) is 0 Å². The second-order valence-corrected chi connectivity index (χ2v) is 4.62. The third-order valence-electron chi connectivity index (χ3n) is 3.12. The molecule has 1 aromatic rings. The minimum Gasteiger partial charge on any atom is -0.733 e. The SMILES string of the molecule is O=C(O)[C@@H]1O[C@H](Oc2ccc(N([O-])O)cc2)[C@H](O)[C@@H](O)[C@@H]1O. The van der Waals surface area contributed by atoms with Crippen molar-refractivity contribution in [2.24, 2.45) is 0 Å². The maximum atomic E-state index is 10.9. The van der Waals surface area contributed by atoms with Crippen LogP contribution in [0.25, 0.3) is 0 Å². The van der Waals surface area contributed by atoms with Crippen LogP contribution in [0.15, 0.2) is 24.3 Å². The lowest BCUT2D eigenvalue weighted by Gasteiger charge is -2.38. The van der Waals surface area contributed by atoms with Crippen LogP contribution in [-0.2, 0) is 9.53 Å². The van der Waals surface area contributed by atoms with Crippen molar-refractivity contribution in [2.75, 3.05) is 5.23 Å². The Balaban J connectivity index is 2.11. The minimum atomic E-state index is -1.81. The van der Waals surface area contributed by atoms with Gasteiger partial charge in [-0.3, -0.25) is 5.21 Å². The van der Waals surface area contributed by atoms with Gasteiger partial charge in [-0.2, -0.15) is 0 Å². The molecule has 2 rings (SSSR count). The van der Waals surface area contributed by atoms with E-state index in [1.807, 2.05) is 0 Å². The summed E-state index contributed by atoms with van der Waals surface area (Å²) in [6, 6.07) is 4.94. The first-order valence-corrected chi connectivity index (χ1v) is 6.16. The molecule has 0 unspecified atom stereocenters. The zero-order valence-corrected chi connectivity index (χ0v) is 11.0. The maximum Gasteiger partial charge on any atom is 0.335 e. The summed E-state index contributed by atoms with van der Waals surface area (Å²) in [4.78, 5) is 10.9. The highest BCUT2D eigenvalue weighted by Gasteiger charge is 2.48. The van der Waals surface area contributed by atoms with Gasteiger partial charge in [0.1, 0.15) is 24.1 Å². The van der Waals surface area contributed by atoms with Crippen molar-refractivity contribution < 1.29 is 39.9 Å². The third-order valence-corrected chi connectivity index (χ3v) is 3.12. The van der Waals surface area contributed by atoms with E-state index in [1.165, 1.54) is 24.3 Å². The fourth-order valence-electron chi connectivity index (χ4n) is 1.94. The number of hydrogen-bond donors (Lipinski definition) is 5. The van der Waals surface area contributed by atoms with Gasteiger partial charge in [0, 0.05) is 0 Å². The standard InChI is InChI=1S/C12H14NO9/c14-7-8(15)10(11(17)18)22-12(9(7)16)21-6-3-1-5(2-4-6)13(19)20/h1-4,7-10,12,14-16,19H,(H,17,18)/q-1/t7-,8-,9+,10+,12-/m0/s1. The van der Waals surface area contributed by atoms with Crippen molar-refractivity contribution >= 4 is 11.7 Å². The topological polar surface area (TPSA) is 163 Å². The Labute approximate surface area is 123 Å². The van der Waals surface area contributed by atoms with Crippen molar-refractivity contribution in [3.8, 4) is 5.75 Å². The van der Waals surface area contributed by atoms with Crippen LogP contribution in [-0.4, -0.2) is 62.3 Å². The summed E-state index contributed by atoms with van der Waals surface area (Å²) in [5, 5.41) is 56.8. The molecule has 1 aliphatic rings. The monoisotopic (exact) mass is 316 g/mol. The molecule has 0 aliphatic carbocycles. The molecule has 1 saturated heterocycles. The van der Waals surface area contributed by atoms with Crippen molar-refractivity contribution in [1.82, 2.24) is 0 Å². The number of nitrogens with zero attached hydrogens (tertiary/aromatic N) is 1. The van der Waals surface area contributed by atoms with Gasteiger partial charge in [0.2, 0.25) is 6.29 Å². The highest BCUT2D eigenvalue weighted by Crippen LogP contribution is 2.25. The lowest BCUT2D eigenvalue weighted by atomic mass is 9.99. The van der Waals surface area contributed by atoms with Gasteiger partial charge in [0.05, 0.1) is 5.69 Å². The van der Waals surface area contributed by atoms with Gasteiger partial charge in [-0.15, -0.1) is 0 Å². The van der Waals surface area contributed by atoms with Crippen LogP contribution in [0.4, 0.5) is 5.69 Å². The smallest absolute Gasteiger partial charge is 0.335 e. The van der Waals surface area contributed by atoms with E-state index in [1.54, 1.807) is 0 Å². The summed E-state index contributed by atoms with van der Waals surface area (Å²) in [5.74, 6) is -1.44. The van der Waals surface area contributed by atoms with Gasteiger partial charge < -0.3 is 40.3 Å². The summed E-state index contributed by atoms with van der Waals surface area (Å²) >= 11 is 0. The molecule has 10 heteroatoms. The molecule has 5 atom stereocenters. The third kappa shape index (κ3) is 3.27. The van der Waals surface area contributed by atoms with Crippen LogP contribution < -0.4 is 9.96 Å². The normalized spacial score (nSPS) is 31.6. The number of aliphatic hydroxyl groups is 3. The molecular formula is C12H14NO9-. The number of anilines is 1. The molecule has 1 heterocycles. The van der Waals surface area contributed by atoms with Crippen LogP contribution in [0, 0.1) is 5.21 Å². The summed E-state index contributed by atoms with van der Waals surface area (Å²) in [6.45, 7) is 0. The molecule has 0 saturated carbocycles. The number of carboxylic acids is 1. The maximum absolute atomic E-state index is 10.9. The molecular weight excluding hydrogens is 302 g/mol. The van der Waals surface area contributed by atoms with Gasteiger partial charge in [-0.1, -0.05) is 0 Å². The van der Waals surface area contributed by atoms with E-state index >= 15 is 0 Å². The Morgan fingerprint density at radius 1 is 1.14 bits per heavy atom. The average molecular weight is 316 g/mol. The number of benzene rings is 1. The largest absolute Gasteiger partial charge is 0.733 e. The highest BCUT2D eigenvalue weighted by atomic mass is 16.8. The van der Waals surface area contributed by atoms with Crippen LogP contribution >= 0.6 is 0 Å². The number of aliphatic carboxylic acids is 1. The van der Waals surface area contributed by atoms with E-state index in [4.69, 9.17) is 19.8 Å². The predicted octanol–water partition coefficient (Wildman–Crippen LogP) is -1.35. The van der Waals surface area contributed by atoms with Crippen LogP contribution in [0.3, 0.4) is 0 Å². The van der Waals surface area contributed by atoms with Crippen molar-refractivity contribution in [2.45, 2.75) is 30.7 Å². The molecule has 22 heavy (non-hydrogen) atoms. The van der Waals surface area contributed by atoms with Gasteiger partial charge in [-0.25, -0.2) is 4.79 Å². The molecule has 5 N–H and O–H groups in total. The second-order valence-electron chi connectivity index (χ2n) is 4.62. The zero-order valence-electron chi connectivity index (χ0n) is 11.0. The molecule has 0 aromatic heterocycles. The van der Waals surface area contributed by atoms with E-state index in [2.05, 4.69) is 0 Å². The van der Waals surface area contributed by atoms with Gasteiger partial charge in [-0.05, 0) is 24.3 Å². The fraction of sp³-hybridized carbons (Fsp3) is 0.417. The van der Waals surface area contributed by atoms with E-state index in [0.717, 1.165) is 0 Å². The average Bonchev–Trinajstić information content (AvgIpc) is 2.48. The highest BCUT2D eigenvalue weighted by molar-refractivity contribution is 5.73. The Bertz CT molecular complexity index is 520. The molecule has 0 amide bonds. The van der Waals surface area contributed by atoms with Crippen molar-refractivity contribution in [3.63, 3.8) is 0 Å². The van der Waals surface area contributed by atoms with Crippen molar-refractivity contribution in [1.29, 1.82) is 0 Å². The number of ether oxygens (including phenoxy) is 2. The molecule has 0 spiro atoms. The summed E-state index contributed by atoms with van der Waals surface area (Å²) < 4.78 is 10.1. The molecule has 1 aromatic carbocycles. The summed E-state index contributed by atoms with van der Waals surface area (Å²) in [6.07, 6.45) is -8.56. The van der Waals surface area contributed by atoms with E-state index in [9.17, 15) is 25.3 Å². The van der Waals surface area contributed by atoms with Gasteiger partial charge in [0.25, 0.3) is 0 Å². The first-order chi connectivity index (χ1) is 10.3. The first-order valence-electron chi connectivity index (χ1n) is 6.16. The number of rotatable bonds is 4. The zero-order chi connectivity index (χ0) is 16.4. The minimum absolute atomic E-state index is 0.0728. The van der Waals surface area contributed by atoms with Gasteiger partial charge >= 0.3 is 5.97 Å². The lowest BCUT2D eigenvalue weighted by molar-refractivity contribution is -0.271. The lowest BCUT2D eigenvalue weighted by Crippen LogP contribution is -2.61. The summed E-state index contributed by atoms with van der Waals surface area (Å²) in [7, 11) is 0. The molecule has 1 aliphatic heterocycles. The van der Waals surface area contributed by atoms with Crippen LogP contribution in [0.1, 0.15) is 0 Å². The number of aliphatic hydroxyl groups excluding tert-OH is 3. The Morgan fingerprint density at radius 3 is 2.23 bits per heavy atom.